The van der Waals surface area contributed by atoms with Crippen LogP contribution in [0.2, 0.25) is 0 Å². The van der Waals surface area contributed by atoms with Crippen LogP contribution in [0.4, 0.5) is 4.39 Å². The summed E-state index contributed by atoms with van der Waals surface area (Å²) in [5, 5.41) is 11.7. The van der Waals surface area contributed by atoms with Crippen LogP contribution < -0.4 is 21.3 Å². The second kappa shape index (κ2) is 15.7. The third-order valence-corrected chi connectivity index (χ3v) is 7.19. The number of aryl methyl sites for hydroxylation is 1. The Morgan fingerprint density at radius 3 is 2.49 bits per heavy atom. The van der Waals surface area contributed by atoms with Gasteiger partial charge in [0.05, 0.1) is 44.7 Å². The van der Waals surface area contributed by atoms with E-state index < -0.39 is 29.1 Å². The van der Waals surface area contributed by atoms with Gasteiger partial charge in [-0.15, -0.1) is 11.3 Å². The molecule has 0 bridgehead atoms. The quantitative estimate of drug-likeness (QED) is 0.191. The highest BCUT2D eigenvalue weighted by Gasteiger charge is 2.26. The van der Waals surface area contributed by atoms with Gasteiger partial charge in [-0.1, -0.05) is 0 Å². The van der Waals surface area contributed by atoms with Crippen LogP contribution in [0.3, 0.4) is 0 Å². The van der Waals surface area contributed by atoms with Crippen LogP contribution in [-0.2, 0) is 27.4 Å². The minimum atomic E-state index is -0.883. The molecule has 0 spiro atoms. The second-order valence-electron chi connectivity index (χ2n) is 8.99. The molecule has 2 aromatic heterocycles. The van der Waals surface area contributed by atoms with Gasteiger partial charge in [0.2, 0.25) is 6.41 Å². The number of fused-ring (bicyclic) bond motifs is 1. The molecule has 0 aliphatic carbocycles. The Hall–Kier alpha value is -4.02. The van der Waals surface area contributed by atoms with Crippen molar-refractivity contribution in [3.8, 4) is 11.8 Å². The van der Waals surface area contributed by atoms with E-state index in [2.05, 4.69) is 5.32 Å². The lowest BCUT2D eigenvalue weighted by atomic mass is 10.1. The van der Waals surface area contributed by atoms with Crippen LogP contribution in [0, 0.1) is 24.1 Å². The molecule has 3 rings (SSSR count). The third kappa shape index (κ3) is 8.02. The first kappa shape index (κ1) is 33.2. The normalized spacial score (nSPS) is 11.4. The maximum atomic E-state index is 14.2. The number of aromatic nitrogens is 2. The Morgan fingerprint density at radius 2 is 1.95 bits per heavy atom. The highest BCUT2D eigenvalue weighted by Crippen LogP contribution is 2.33. The van der Waals surface area contributed by atoms with Gasteiger partial charge in [-0.05, 0) is 58.4 Å². The number of carbonyl (C=O) groups excluding carboxylic acids is 2. The Morgan fingerprint density at radius 1 is 1.24 bits per heavy atom. The molecule has 41 heavy (non-hydrogen) atoms. The zero-order valence-electron chi connectivity index (χ0n) is 24.0. The molecular weight excluding hydrogens is 555 g/mol. The summed E-state index contributed by atoms with van der Waals surface area (Å²) in [5.74, 6) is -0.764. The monoisotopic (exact) mass is 590 g/mol. The molecule has 1 amide bonds. The first-order valence-electron chi connectivity index (χ1n) is 13.0. The molecule has 0 fully saturated rings. The summed E-state index contributed by atoms with van der Waals surface area (Å²) in [4.78, 5) is 49.0. The largest absolute Gasteiger partial charge is 0.496 e. The molecule has 0 saturated carbocycles. The molecule has 3 aromatic rings. The maximum absolute atomic E-state index is 14.2. The molecule has 1 atom stereocenters. The SMILES string of the molecule is CC(C)NC=O.CCOC(=O)c1sc2c(c1C)c(=O)n(CC)c(=O)n2C[C@H](OCCC#N)c1cc(F)ccc1OC. The van der Waals surface area contributed by atoms with Gasteiger partial charge >= 0.3 is 11.7 Å². The topological polar surface area (TPSA) is 142 Å². The average Bonchev–Trinajstić information content (AvgIpc) is 3.28. The number of halogens is 1. The number of nitriles is 1. The van der Waals surface area contributed by atoms with Crippen molar-refractivity contribution >= 4 is 33.9 Å². The molecular formula is C28H35FN4O7S. The first-order chi connectivity index (χ1) is 19.6. The number of nitrogens with one attached hydrogen (secondary N) is 1. The fourth-order valence-electron chi connectivity index (χ4n) is 3.97. The van der Waals surface area contributed by atoms with Crippen molar-refractivity contribution in [3.05, 3.63) is 60.9 Å². The summed E-state index contributed by atoms with van der Waals surface area (Å²) in [6.45, 7) is 9.00. The minimum absolute atomic E-state index is 0.0314. The average molecular weight is 591 g/mol. The molecule has 0 unspecified atom stereocenters. The summed E-state index contributed by atoms with van der Waals surface area (Å²) in [6.07, 6.45) is -0.103. The zero-order valence-corrected chi connectivity index (χ0v) is 24.8. The van der Waals surface area contributed by atoms with Gasteiger partial charge in [0.15, 0.2) is 0 Å². The number of thiophene rings is 1. The predicted octanol–water partition coefficient (Wildman–Crippen LogP) is 3.69. The van der Waals surface area contributed by atoms with Gasteiger partial charge in [-0.25, -0.2) is 14.0 Å². The van der Waals surface area contributed by atoms with E-state index in [0.717, 1.165) is 15.9 Å². The molecule has 13 heteroatoms. The number of esters is 1. The fourth-order valence-corrected chi connectivity index (χ4v) is 5.17. The molecule has 0 radical (unpaired) electrons. The van der Waals surface area contributed by atoms with Crippen LogP contribution in [-0.4, -0.2) is 47.9 Å². The standard InChI is InChI=1S/C24H26FN3O6S.C4H9NO/c1-5-27-21(29)19-14(3)20(23(30)33-6-2)35-22(19)28(24(27)31)13-18(34-11-7-10-26)16-12-15(25)8-9-17(16)32-4;1-4(2)5-3-6/h8-9,12,18H,5-7,11,13H2,1-4H3;3-4H,1-2H3,(H,5,6)/t18-;/m0./s1. The number of methoxy groups -OCH3 is 1. The lowest BCUT2D eigenvalue weighted by Crippen LogP contribution is -2.40. The number of rotatable bonds is 12. The number of benzene rings is 1. The van der Waals surface area contributed by atoms with Crippen molar-refractivity contribution in [1.29, 1.82) is 5.26 Å². The molecule has 0 aliphatic rings. The number of hydrogen-bond acceptors (Lipinski definition) is 9. The van der Waals surface area contributed by atoms with Crippen LogP contribution >= 0.6 is 11.3 Å². The maximum Gasteiger partial charge on any atom is 0.348 e. The van der Waals surface area contributed by atoms with E-state index >= 15 is 0 Å². The van der Waals surface area contributed by atoms with Crippen molar-refractivity contribution in [1.82, 2.24) is 14.5 Å². The van der Waals surface area contributed by atoms with Crippen molar-refractivity contribution < 1.29 is 28.2 Å². The summed E-state index contributed by atoms with van der Waals surface area (Å²) >= 11 is 0.987. The van der Waals surface area contributed by atoms with Gasteiger partial charge in [-0.3, -0.25) is 18.7 Å². The Kier molecular flexibility index (Phi) is 12.7. The Bertz CT molecular complexity index is 1520. The van der Waals surface area contributed by atoms with Crippen molar-refractivity contribution in [3.63, 3.8) is 0 Å². The Balaban J connectivity index is 0.000000883. The molecule has 1 N–H and O–H groups in total. The molecule has 11 nitrogen and oxygen atoms in total. The van der Waals surface area contributed by atoms with Crippen LogP contribution in [0.1, 0.15) is 61.0 Å². The van der Waals surface area contributed by atoms with E-state index in [1.54, 1.807) is 20.8 Å². The number of hydrogen-bond donors (Lipinski definition) is 1. The fraction of sp³-hybridized carbons (Fsp3) is 0.464. The zero-order chi connectivity index (χ0) is 30.7. The third-order valence-electron chi connectivity index (χ3n) is 5.89. The van der Waals surface area contributed by atoms with Crippen molar-refractivity contribution in [2.75, 3.05) is 20.3 Å². The molecule has 0 saturated heterocycles. The van der Waals surface area contributed by atoms with Crippen LogP contribution in [0.5, 0.6) is 5.75 Å². The first-order valence-corrected chi connectivity index (χ1v) is 13.8. The van der Waals surface area contributed by atoms with Gasteiger partial charge in [0.1, 0.15) is 27.4 Å². The summed E-state index contributed by atoms with van der Waals surface area (Å²) in [7, 11) is 1.43. The number of amides is 1. The number of ether oxygens (including phenoxy) is 3. The lowest BCUT2D eigenvalue weighted by molar-refractivity contribution is -0.109. The van der Waals surface area contributed by atoms with E-state index in [1.807, 2.05) is 19.9 Å². The summed E-state index contributed by atoms with van der Waals surface area (Å²) in [6, 6.07) is 6.20. The summed E-state index contributed by atoms with van der Waals surface area (Å²) < 4.78 is 33.0. The van der Waals surface area contributed by atoms with Crippen LogP contribution in [0.15, 0.2) is 27.8 Å². The smallest absolute Gasteiger partial charge is 0.348 e. The van der Waals surface area contributed by atoms with Gasteiger partial charge in [0.25, 0.3) is 5.56 Å². The summed E-state index contributed by atoms with van der Waals surface area (Å²) in [5.41, 5.74) is -0.322. The molecule has 1 aromatic carbocycles. The lowest BCUT2D eigenvalue weighted by Gasteiger charge is -2.22. The predicted molar refractivity (Wildman–Crippen MR) is 153 cm³/mol. The van der Waals surface area contributed by atoms with E-state index in [1.165, 1.54) is 29.9 Å². The highest BCUT2D eigenvalue weighted by atomic mass is 32.1. The minimum Gasteiger partial charge on any atom is -0.496 e. The van der Waals surface area contributed by atoms with Gasteiger partial charge in [0, 0.05) is 18.2 Å². The van der Waals surface area contributed by atoms with E-state index in [9.17, 15) is 23.6 Å². The highest BCUT2D eigenvalue weighted by molar-refractivity contribution is 7.20. The van der Waals surface area contributed by atoms with E-state index in [4.69, 9.17) is 19.5 Å². The number of carbonyl (C=O) groups is 2. The van der Waals surface area contributed by atoms with E-state index in [0.29, 0.717) is 23.3 Å². The van der Waals surface area contributed by atoms with Gasteiger partial charge in [-0.2, -0.15) is 5.26 Å². The van der Waals surface area contributed by atoms with E-state index in [-0.39, 0.29) is 53.9 Å². The second-order valence-corrected chi connectivity index (χ2v) is 9.99. The number of nitrogens with zero attached hydrogens (tertiary/aromatic N) is 3. The van der Waals surface area contributed by atoms with Crippen molar-refractivity contribution in [2.45, 2.75) is 66.3 Å². The molecule has 222 valence electrons. The Labute approximate surface area is 241 Å². The van der Waals surface area contributed by atoms with Gasteiger partial charge < -0.3 is 19.5 Å². The van der Waals surface area contributed by atoms with Crippen LogP contribution in [0.25, 0.3) is 10.2 Å². The van der Waals surface area contributed by atoms with Crippen molar-refractivity contribution in [2.24, 2.45) is 0 Å². The molecule has 0 aliphatic heterocycles. The molecule has 2 heterocycles.